The average Bonchev–Trinajstić information content (AvgIpc) is 2.18. The van der Waals surface area contributed by atoms with E-state index in [9.17, 15) is 9.59 Å². The maximum Gasteiger partial charge on any atom is 0.311 e. The van der Waals surface area contributed by atoms with E-state index in [1.165, 1.54) is 0 Å². The molecule has 0 aliphatic carbocycles. The van der Waals surface area contributed by atoms with Crippen molar-refractivity contribution in [1.82, 2.24) is 4.90 Å². The minimum Gasteiger partial charge on any atom is -0.466 e. The maximum atomic E-state index is 11.7. The Labute approximate surface area is 90.6 Å². The third-order valence-electron chi connectivity index (χ3n) is 3.08. The Morgan fingerprint density at radius 3 is 2.27 bits per heavy atom. The molecule has 1 heterocycles. The van der Waals surface area contributed by atoms with Gasteiger partial charge >= 0.3 is 5.97 Å². The minimum atomic E-state index is -0.401. The second-order valence-corrected chi connectivity index (χ2v) is 4.29. The van der Waals surface area contributed by atoms with Crippen LogP contribution in [0.1, 0.15) is 33.6 Å². The normalized spacial score (nSPS) is 19.8. The predicted octanol–water partition coefficient (Wildman–Crippen LogP) is 1.20. The van der Waals surface area contributed by atoms with Gasteiger partial charge in [0.2, 0.25) is 5.91 Å². The molecule has 0 aromatic carbocycles. The Hall–Kier alpha value is -1.06. The molecule has 0 radical (unpaired) electrons. The smallest absolute Gasteiger partial charge is 0.311 e. The van der Waals surface area contributed by atoms with Gasteiger partial charge in [0.15, 0.2) is 0 Å². The molecular formula is C11H19NO3. The fourth-order valence-electron chi connectivity index (χ4n) is 1.82. The Balaban J connectivity index is 2.54. The first-order valence-corrected chi connectivity index (χ1v) is 5.42. The molecule has 0 aromatic heterocycles. The highest BCUT2D eigenvalue weighted by atomic mass is 16.5. The standard InChI is InChI=1S/C11H19NO3/c1-4-15-10(14)11(3)5-7-12(8-6-11)9(2)13/h4-8H2,1-3H3. The molecule has 1 rings (SSSR count). The number of carbonyl (C=O) groups excluding carboxylic acids is 2. The van der Waals surface area contributed by atoms with Gasteiger partial charge in [-0.15, -0.1) is 0 Å². The molecule has 0 atom stereocenters. The molecular weight excluding hydrogens is 194 g/mol. The largest absolute Gasteiger partial charge is 0.466 e. The molecule has 1 aliphatic rings. The van der Waals surface area contributed by atoms with Crippen LogP contribution in [-0.4, -0.2) is 36.5 Å². The fourth-order valence-corrected chi connectivity index (χ4v) is 1.82. The first kappa shape index (κ1) is 12.0. The Bertz CT molecular complexity index is 255. The Kier molecular flexibility index (Phi) is 3.72. The van der Waals surface area contributed by atoms with Crippen LogP contribution in [0.3, 0.4) is 0 Å². The summed E-state index contributed by atoms with van der Waals surface area (Å²) in [5.41, 5.74) is -0.401. The van der Waals surface area contributed by atoms with Crippen molar-refractivity contribution in [1.29, 1.82) is 0 Å². The molecule has 4 heteroatoms. The van der Waals surface area contributed by atoms with Crippen molar-refractivity contribution in [3.8, 4) is 0 Å². The molecule has 4 nitrogen and oxygen atoms in total. The summed E-state index contributed by atoms with van der Waals surface area (Å²) in [5, 5.41) is 0. The molecule has 1 aliphatic heterocycles. The molecule has 0 bridgehead atoms. The summed E-state index contributed by atoms with van der Waals surface area (Å²) >= 11 is 0. The minimum absolute atomic E-state index is 0.0842. The van der Waals surface area contributed by atoms with Gasteiger partial charge in [0.25, 0.3) is 0 Å². The van der Waals surface area contributed by atoms with Crippen LogP contribution in [-0.2, 0) is 14.3 Å². The van der Waals surface area contributed by atoms with Gasteiger partial charge < -0.3 is 9.64 Å². The number of carbonyl (C=O) groups is 2. The van der Waals surface area contributed by atoms with Crippen LogP contribution in [0.4, 0.5) is 0 Å². The van der Waals surface area contributed by atoms with E-state index in [0.717, 1.165) is 0 Å². The topological polar surface area (TPSA) is 46.6 Å². The van der Waals surface area contributed by atoms with Gasteiger partial charge in [0.05, 0.1) is 12.0 Å². The number of piperidine rings is 1. The molecule has 0 unspecified atom stereocenters. The summed E-state index contributed by atoms with van der Waals surface area (Å²) in [7, 11) is 0. The molecule has 15 heavy (non-hydrogen) atoms. The van der Waals surface area contributed by atoms with Crippen LogP contribution >= 0.6 is 0 Å². The third-order valence-corrected chi connectivity index (χ3v) is 3.08. The van der Waals surface area contributed by atoms with E-state index in [1.807, 2.05) is 13.8 Å². The highest BCUT2D eigenvalue weighted by Crippen LogP contribution is 2.32. The lowest BCUT2D eigenvalue weighted by molar-refractivity contribution is -0.158. The zero-order valence-electron chi connectivity index (χ0n) is 9.71. The highest BCUT2D eigenvalue weighted by molar-refractivity contribution is 5.78. The first-order valence-electron chi connectivity index (χ1n) is 5.42. The van der Waals surface area contributed by atoms with E-state index in [2.05, 4.69) is 0 Å². The lowest BCUT2D eigenvalue weighted by atomic mass is 9.80. The SMILES string of the molecule is CCOC(=O)C1(C)CCN(C(C)=O)CC1. The summed E-state index contributed by atoms with van der Waals surface area (Å²) in [5.74, 6) is -0.0471. The van der Waals surface area contributed by atoms with Crippen LogP contribution < -0.4 is 0 Å². The van der Waals surface area contributed by atoms with Gasteiger partial charge in [-0.05, 0) is 26.7 Å². The van der Waals surface area contributed by atoms with Crippen LogP contribution in [0.2, 0.25) is 0 Å². The van der Waals surface area contributed by atoms with E-state index in [1.54, 1.807) is 11.8 Å². The van der Waals surface area contributed by atoms with Crippen LogP contribution in [0.25, 0.3) is 0 Å². The summed E-state index contributed by atoms with van der Waals surface area (Å²) in [4.78, 5) is 24.6. The fraction of sp³-hybridized carbons (Fsp3) is 0.818. The summed E-state index contributed by atoms with van der Waals surface area (Å²) in [6.45, 7) is 7.03. The number of rotatable bonds is 2. The maximum absolute atomic E-state index is 11.7. The van der Waals surface area contributed by atoms with E-state index in [-0.39, 0.29) is 11.9 Å². The molecule has 0 aromatic rings. The highest BCUT2D eigenvalue weighted by Gasteiger charge is 2.38. The summed E-state index contributed by atoms with van der Waals surface area (Å²) in [6, 6.07) is 0. The van der Waals surface area contributed by atoms with Crippen molar-refractivity contribution < 1.29 is 14.3 Å². The Morgan fingerprint density at radius 1 is 1.33 bits per heavy atom. The van der Waals surface area contributed by atoms with Crippen molar-refractivity contribution in [3.63, 3.8) is 0 Å². The van der Waals surface area contributed by atoms with Gasteiger partial charge in [-0.1, -0.05) is 0 Å². The monoisotopic (exact) mass is 213 g/mol. The van der Waals surface area contributed by atoms with Gasteiger partial charge in [0, 0.05) is 20.0 Å². The van der Waals surface area contributed by atoms with Crippen molar-refractivity contribution in [2.45, 2.75) is 33.6 Å². The molecule has 86 valence electrons. The second kappa shape index (κ2) is 4.64. The lowest BCUT2D eigenvalue weighted by Crippen LogP contribution is -2.45. The molecule has 0 spiro atoms. The predicted molar refractivity (Wildman–Crippen MR) is 56.2 cm³/mol. The zero-order valence-corrected chi connectivity index (χ0v) is 9.71. The molecule has 1 amide bonds. The number of amides is 1. The van der Waals surface area contributed by atoms with Crippen molar-refractivity contribution in [2.75, 3.05) is 19.7 Å². The van der Waals surface area contributed by atoms with Crippen molar-refractivity contribution in [3.05, 3.63) is 0 Å². The van der Waals surface area contributed by atoms with Crippen LogP contribution in [0.15, 0.2) is 0 Å². The summed E-state index contributed by atoms with van der Waals surface area (Å²) in [6.07, 6.45) is 1.40. The Morgan fingerprint density at radius 2 is 1.87 bits per heavy atom. The van der Waals surface area contributed by atoms with Crippen molar-refractivity contribution >= 4 is 11.9 Å². The first-order chi connectivity index (χ1) is 6.99. The average molecular weight is 213 g/mol. The number of esters is 1. The van der Waals surface area contributed by atoms with Gasteiger partial charge in [-0.25, -0.2) is 0 Å². The van der Waals surface area contributed by atoms with Gasteiger partial charge in [0.1, 0.15) is 0 Å². The number of hydrogen-bond acceptors (Lipinski definition) is 3. The molecule has 0 saturated carbocycles. The van der Waals surface area contributed by atoms with Crippen LogP contribution in [0.5, 0.6) is 0 Å². The molecule has 1 saturated heterocycles. The van der Waals surface area contributed by atoms with Gasteiger partial charge in [-0.3, -0.25) is 9.59 Å². The lowest BCUT2D eigenvalue weighted by Gasteiger charge is -2.37. The van der Waals surface area contributed by atoms with Crippen molar-refractivity contribution in [2.24, 2.45) is 5.41 Å². The molecule has 0 N–H and O–H groups in total. The summed E-state index contributed by atoms with van der Waals surface area (Å²) < 4.78 is 5.04. The molecule has 1 fully saturated rings. The third kappa shape index (κ3) is 2.70. The second-order valence-electron chi connectivity index (χ2n) is 4.29. The number of nitrogens with zero attached hydrogens (tertiary/aromatic N) is 1. The number of ether oxygens (including phenoxy) is 1. The van der Waals surface area contributed by atoms with E-state index < -0.39 is 5.41 Å². The number of likely N-dealkylation sites (tertiary alicyclic amines) is 1. The van der Waals surface area contributed by atoms with Gasteiger partial charge in [-0.2, -0.15) is 0 Å². The van der Waals surface area contributed by atoms with E-state index in [4.69, 9.17) is 4.74 Å². The zero-order chi connectivity index (χ0) is 11.5. The van der Waals surface area contributed by atoms with E-state index >= 15 is 0 Å². The van der Waals surface area contributed by atoms with E-state index in [0.29, 0.717) is 32.5 Å². The van der Waals surface area contributed by atoms with Crippen LogP contribution in [0, 0.1) is 5.41 Å². The quantitative estimate of drug-likeness (QED) is 0.647. The number of hydrogen-bond donors (Lipinski definition) is 0.